The lowest BCUT2D eigenvalue weighted by molar-refractivity contribution is -0.128. The van der Waals surface area contributed by atoms with Crippen LogP contribution in [0.4, 0.5) is 5.69 Å². The van der Waals surface area contributed by atoms with E-state index in [1.165, 1.54) is 6.42 Å². The van der Waals surface area contributed by atoms with E-state index < -0.39 is 0 Å². The molecule has 3 aliphatic rings. The Bertz CT molecular complexity index is 644. The second-order valence-electron chi connectivity index (χ2n) is 7.66. The number of carbonyl (C=O) groups is 2. The first-order valence-electron chi connectivity index (χ1n) is 9.66. The van der Waals surface area contributed by atoms with E-state index in [-0.39, 0.29) is 23.8 Å². The average Bonchev–Trinajstić information content (AvgIpc) is 3.38. The fourth-order valence-electron chi connectivity index (χ4n) is 3.69. The normalized spacial score (nSPS) is 21.5. The van der Waals surface area contributed by atoms with Crippen molar-refractivity contribution in [1.82, 2.24) is 10.6 Å². The van der Waals surface area contributed by atoms with Crippen LogP contribution in [0.25, 0.3) is 0 Å². The lowest BCUT2D eigenvalue weighted by Crippen LogP contribution is -2.47. The highest BCUT2D eigenvalue weighted by Gasteiger charge is 2.30. The molecule has 2 aliphatic carbocycles. The summed E-state index contributed by atoms with van der Waals surface area (Å²) < 4.78 is 0. The Balaban J connectivity index is 1.35. The molecule has 2 amide bonds. The highest BCUT2D eigenvalue weighted by atomic mass is 16.2. The number of para-hydroxylation sites is 1. The van der Waals surface area contributed by atoms with Crippen LogP contribution < -0.4 is 15.5 Å². The molecule has 2 saturated carbocycles. The monoisotopic (exact) mass is 341 g/mol. The largest absolute Gasteiger partial charge is 0.371 e. The van der Waals surface area contributed by atoms with Crippen LogP contribution in [0.5, 0.6) is 0 Å². The van der Waals surface area contributed by atoms with E-state index in [1.54, 1.807) is 0 Å². The molecule has 1 saturated heterocycles. The molecule has 0 spiro atoms. The predicted molar refractivity (Wildman–Crippen MR) is 97.6 cm³/mol. The summed E-state index contributed by atoms with van der Waals surface area (Å²) in [7, 11) is 0. The summed E-state index contributed by atoms with van der Waals surface area (Å²) in [6, 6.07) is 8.52. The van der Waals surface area contributed by atoms with Crippen LogP contribution in [-0.4, -0.2) is 37.0 Å². The van der Waals surface area contributed by atoms with Crippen molar-refractivity contribution >= 4 is 17.5 Å². The van der Waals surface area contributed by atoms with Crippen LogP contribution in [0.3, 0.4) is 0 Å². The molecule has 134 valence electrons. The summed E-state index contributed by atoms with van der Waals surface area (Å²) in [5.41, 5.74) is 1.79. The Morgan fingerprint density at radius 2 is 1.56 bits per heavy atom. The summed E-state index contributed by atoms with van der Waals surface area (Å²) in [6.45, 7) is 1.76. The Morgan fingerprint density at radius 1 is 0.880 bits per heavy atom. The first-order valence-corrected chi connectivity index (χ1v) is 9.66. The predicted octanol–water partition coefficient (Wildman–Crippen LogP) is 2.46. The van der Waals surface area contributed by atoms with Gasteiger partial charge in [-0.25, -0.2) is 0 Å². The highest BCUT2D eigenvalue weighted by Crippen LogP contribution is 2.28. The van der Waals surface area contributed by atoms with Crippen LogP contribution in [0.15, 0.2) is 24.3 Å². The molecule has 5 nitrogen and oxygen atoms in total. The number of nitrogens with one attached hydrogen (secondary N) is 2. The first-order chi connectivity index (χ1) is 12.2. The van der Waals surface area contributed by atoms with Crippen LogP contribution in [0.2, 0.25) is 0 Å². The number of piperidine rings is 1. The second kappa shape index (κ2) is 7.06. The lowest BCUT2D eigenvalue weighted by Gasteiger charge is -2.36. The Labute approximate surface area is 149 Å². The van der Waals surface area contributed by atoms with Gasteiger partial charge >= 0.3 is 0 Å². The van der Waals surface area contributed by atoms with Crippen molar-refractivity contribution in [3.8, 4) is 0 Å². The topological polar surface area (TPSA) is 61.4 Å². The third kappa shape index (κ3) is 3.80. The zero-order valence-electron chi connectivity index (χ0n) is 14.7. The number of hydrogen-bond donors (Lipinski definition) is 2. The molecule has 3 fully saturated rings. The van der Waals surface area contributed by atoms with Crippen molar-refractivity contribution in [2.24, 2.45) is 5.92 Å². The van der Waals surface area contributed by atoms with Gasteiger partial charge in [-0.15, -0.1) is 0 Å². The van der Waals surface area contributed by atoms with Crippen LogP contribution >= 0.6 is 0 Å². The molecule has 1 aromatic rings. The van der Waals surface area contributed by atoms with E-state index in [4.69, 9.17) is 0 Å². The number of carbonyl (C=O) groups excluding carboxylic acids is 2. The SMILES string of the molecule is O=C(NC1CC1)c1ccccc1N1CCC(NC(=O)C2CCC2)CC1. The van der Waals surface area contributed by atoms with Crippen molar-refractivity contribution in [1.29, 1.82) is 0 Å². The minimum Gasteiger partial charge on any atom is -0.371 e. The zero-order chi connectivity index (χ0) is 17.2. The number of rotatable bonds is 5. The van der Waals surface area contributed by atoms with Gasteiger partial charge in [-0.2, -0.15) is 0 Å². The molecule has 1 aromatic carbocycles. The van der Waals surface area contributed by atoms with E-state index in [1.807, 2.05) is 24.3 Å². The van der Waals surface area contributed by atoms with E-state index in [2.05, 4.69) is 15.5 Å². The Hall–Kier alpha value is -2.04. The maximum atomic E-state index is 12.5. The van der Waals surface area contributed by atoms with Gasteiger partial charge in [0.05, 0.1) is 5.56 Å². The van der Waals surface area contributed by atoms with Crippen molar-refractivity contribution < 1.29 is 9.59 Å². The van der Waals surface area contributed by atoms with Crippen molar-refractivity contribution in [2.75, 3.05) is 18.0 Å². The number of nitrogens with zero attached hydrogens (tertiary/aromatic N) is 1. The molecular weight excluding hydrogens is 314 g/mol. The highest BCUT2D eigenvalue weighted by molar-refractivity contribution is 6.00. The molecule has 0 unspecified atom stereocenters. The van der Waals surface area contributed by atoms with Crippen LogP contribution in [0, 0.1) is 5.92 Å². The quantitative estimate of drug-likeness (QED) is 0.865. The fourth-order valence-corrected chi connectivity index (χ4v) is 3.69. The lowest BCUT2D eigenvalue weighted by atomic mass is 9.84. The van der Waals surface area contributed by atoms with Gasteiger partial charge < -0.3 is 15.5 Å². The van der Waals surface area contributed by atoms with Crippen LogP contribution in [-0.2, 0) is 4.79 Å². The number of anilines is 1. The smallest absolute Gasteiger partial charge is 0.253 e. The van der Waals surface area contributed by atoms with Crippen molar-refractivity contribution in [3.05, 3.63) is 29.8 Å². The number of hydrogen-bond acceptors (Lipinski definition) is 3. The second-order valence-corrected chi connectivity index (χ2v) is 7.66. The molecule has 1 heterocycles. The molecule has 25 heavy (non-hydrogen) atoms. The summed E-state index contributed by atoms with van der Waals surface area (Å²) in [6.07, 6.45) is 7.37. The molecule has 1 aliphatic heterocycles. The standard InChI is InChI=1S/C20H27N3O2/c24-19(14-4-3-5-14)21-16-10-12-23(13-11-16)18-7-2-1-6-17(18)20(25)22-15-8-9-15/h1-2,6-7,14-16H,3-5,8-13H2,(H,21,24)(H,22,25). The summed E-state index contributed by atoms with van der Waals surface area (Å²) >= 11 is 0. The summed E-state index contributed by atoms with van der Waals surface area (Å²) in [5.74, 6) is 0.539. The molecule has 0 radical (unpaired) electrons. The molecule has 5 heteroatoms. The fraction of sp³-hybridized carbons (Fsp3) is 0.600. The van der Waals surface area contributed by atoms with Crippen LogP contribution in [0.1, 0.15) is 55.3 Å². The Kier molecular flexibility index (Phi) is 4.64. The van der Waals surface area contributed by atoms with E-state index in [9.17, 15) is 9.59 Å². The van der Waals surface area contributed by atoms with Gasteiger partial charge in [0.2, 0.25) is 5.91 Å². The average molecular weight is 341 g/mol. The van der Waals surface area contributed by atoms with Gasteiger partial charge in [0.25, 0.3) is 5.91 Å². The summed E-state index contributed by atoms with van der Waals surface area (Å²) in [5, 5.41) is 6.31. The zero-order valence-corrected chi connectivity index (χ0v) is 14.7. The molecular formula is C20H27N3O2. The maximum absolute atomic E-state index is 12.5. The van der Waals surface area contributed by atoms with Gasteiger partial charge in [0.15, 0.2) is 0 Å². The van der Waals surface area contributed by atoms with Gasteiger partial charge in [0.1, 0.15) is 0 Å². The van der Waals surface area contributed by atoms with E-state index in [0.717, 1.165) is 62.9 Å². The minimum atomic E-state index is 0.0403. The van der Waals surface area contributed by atoms with Gasteiger partial charge in [-0.3, -0.25) is 9.59 Å². The molecule has 2 N–H and O–H groups in total. The number of amides is 2. The molecule has 0 bridgehead atoms. The minimum absolute atomic E-state index is 0.0403. The summed E-state index contributed by atoms with van der Waals surface area (Å²) in [4.78, 5) is 26.9. The van der Waals surface area contributed by atoms with Gasteiger partial charge in [-0.05, 0) is 50.7 Å². The maximum Gasteiger partial charge on any atom is 0.253 e. The molecule has 0 atom stereocenters. The van der Waals surface area contributed by atoms with Gasteiger partial charge in [-0.1, -0.05) is 18.6 Å². The Morgan fingerprint density at radius 3 is 2.20 bits per heavy atom. The third-order valence-electron chi connectivity index (χ3n) is 5.72. The van der Waals surface area contributed by atoms with Crippen molar-refractivity contribution in [3.63, 3.8) is 0 Å². The number of benzene rings is 1. The van der Waals surface area contributed by atoms with E-state index >= 15 is 0 Å². The molecule has 0 aromatic heterocycles. The van der Waals surface area contributed by atoms with Crippen molar-refractivity contribution in [2.45, 2.75) is 57.0 Å². The van der Waals surface area contributed by atoms with E-state index in [0.29, 0.717) is 6.04 Å². The third-order valence-corrected chi connectivity index (χ3v) is 5.72. The van der Waals surface area contributed by atoms with Gasteiger partial charge in [0, 0.05) is 36.8 Å². The first kappa shape index (κ1) is 16.4. The molecule has 4 rings (SSSR count).